The van der Waals surface area contributed by atoms with Crippen LogP contribution in [-0.2, 0) is 28.6 Å². The van der Waals surface area contributed by atoms with E-state index in [1.807, 2.05) is 39.8 Å². The van der Waals surface area contributed by atoms with E-state index < -0.39 is 38.5 Å². The zero-order valence-corrected chi connectivity index (χ0v) is 20.5. The standard InChI is InChI=1S/C27H34O6/c1-7-31-20(30)16-12-22(4)14-25-11-8-17-21(2,3)18(28)9-10-23(17,5)27(25)32-15-26(16,25)24(6,33-27)13-19(22)29/h9-10,12,17H,7-8,11,13-15H2,1-6H3/t17-,22+,23-,24-,25+,26+,27+/m0/s1. The second kappa shape index (κ2) is 5.71. The van der Waals surface area contributed by atoms with Gasteiger partial charge in [-0.05, 0) is 52.0 Å². The van der Waals surface area contributed by atoms with E-state index in [2.05, 4.69) is 6.92 Å². The lowest BCUT2D eigenvalue weighted by molar-refractivity contribution is -0.357. The summed E-state index contributed by atoms with van der Waals surface area (Å²) in [7, 11) is 0. The summed E-state index contributed by atoms with van der Waals surface area (Å²) < 4.78 is 19.4. The zero-order valence-electron chi connectivity index (χ0n) is 20.5. The molecule has 5 bridgehead atoms. The van der Waals surface area contributed by atoms with Gasteiger partial charge in [-0.25, -0.2) is 4.79 Å². The van der Waals surface area contributed by atoms with Crippen LogP contribution in [0.4, 0.5) is 0 Å². The van der Waals surface area contributed by atoms with Crippen LogP contribution in [0, 0.1) is 33.0 Å². The average molecular weight is 455 g/mol. The fraction of sp³-hybridized carbons (Fsp3) is 0.741. The number of hydrogen-bond donors (Lipinski definition) is 0. The number of carbonyl (C=O) groups excluding carboxylic acids is 3. The number of allylic oxidation sites excluding steroid dienone is 2. The summed E-state index contributed by atoms with van der Waals surface area (Å²) in [6, 6.07) is 0. The molecule has 178 valence electrons. The first-order chi connectivity index (χ1) is 15.3. The van der Waals surface area contributed by atoms with Crippen LogP contribution in [0.2, 0.25) is 0 Å². The number of Topliss-reactive ketones (excluding diaryl/α,β-unsaturated/α-hetero) is 1. The number of hydrogen-bond acceptors (Lipinski definition) is 6. The molecule has 0 unspecified atom stereocenters. The maximum absolute atomic E-state index is 13.6. The van der Waals surface area contributed by atoms with Crippen molar-refractivity contribution in [2.24, 2.45) is 33.0 Å². The third-order valence-electron chi connectivity index (χ3n) is 10.8. The van der Waals surface area contributed by atoms with Gasteiger partial charge < -0.3 is 14.2 Å². The molecule has 33 heavy (non-hydrogen) atoms. The first-order valence-corrected chi connectivity index (χ1v) is 12.3. The van der Waals surface area contributed by atoms with Crippen LogP contribution in [0.25, 0.3) is 0 Å². The van der Waals surface area contributed by atoms with Gasteiger partial charge in [0.2, 0.25) is 0 Å². The molecule has 2 aliphatic heterocycles. The van der Waals surface area contributed by atoms with Crippen molar-refractivity contribution < 1.29 is 28.6 Å². The SMILES string of the molecule is CCOC(=O)C1=C[C@]2(C)C[C@@]34CC[C@H]5C(C)(C)C(=O)C=C[C@]5(C)[C@]35OC[C@]14[C@](C)(CC2=O)O5. The van der Waals surface area contributed by atoms with Gasteiger partial charge in [0.05, 0.1) is 24.2 Å². The smallest absolute Gasteiger partial charge is 0.334 e. The molecule has 0 radical (unpaired) electrons. The number of fused-ring (bicyclic) bond motifs is 2. The molecule has 2 saturated carbocycles. The van der Waals surface area contributed by atoms with Crippen molar-refractivity contribution in [1.29, 1.82) is 0 Å². The minimum absolute atomic E-state index is 0.0320. The highest BCUT2D eigenvalue weighted by atomic mass is 16.7. The van der Waals surface area contributed by atoms with E-state index in [-0.39, 0.29) is 36.5 Å². The summed E-state index contributed by atoms with van der Waals surface area (Å²) in [6.07, 6.45) is 7.98. The molecular weight excluding hydrogens is 420 g/mol. The highest BCUT2D eigenvalue weighted by molar-refractivity contribution is 5.98. The second-order valence-electron chi connectivity index (χ2n) is 12.5. The Morgan fingerprint density at radius 3 is 2.61 bits per heavy atom. The predicted octanol–water partition coefficient (Wildman–Crippen LogP) is 3.93. The van der Waals surface area contributed by atoms with Crippen molar-refractivity contribution >= 4 is 17.5 Å². The fourth-order valence-electron chi connectivity index (χ4n) is 9.42. The number of esters is 1. The topological polar surface area (TPSA) is 78.9 Å². The number of rotatable bonds is 2. The molecule has 0 N–H and O–H groups in total. The minimum atomic E-state index is -1.01. The zero-order chi connectivity index (χ0) is 23.9. The molecule has 6 heteroatoms. The van der Waals surface area contributed by atoms with Crippen molar-refractivity contribution in [1.82, 2.24) is 0 Å². The van der Waals surface area contributed by atoms with E-state index in [0.717, 1.165) is 12.8 Å². The maximum Gasteiger partial charge on any atom is 0.334 e. The third kappa shape index (κ3) is 1.91. The Morgan fingerprint density at radius 2 is 1.91 bits per heavy atom. The molecule has 7 atom stereocenters. The van der Waals surface area contributed by atoms with Crippen LogP contribution in [0.3, 0.4) is 0 Å². The largest absolute Gasteiger partial charge is 0.463 e. The van der Waals surface area contributed by atoms with Crippen molar-refractivity contribution in [3.63, 3.8) is 0 Å². The molecule has 7 rings (SSSR count). The van der Waals surface area contributed by atoms with Crippen LogP contribution in [-0.4, -0.2) is 42.1 Å². The van der Waals surface area contributed by atoms with Gasteiger partial charge in [-0.15, -0.1) is 0 Å². The molecule has 0 aromatic carbocycles. The molecule has 2 spiro atoms. The molecule has 0 aromatic heterocycles. The molecule has 4 fully saturated rings. The summed E-state index contributed by atoms with van der Waals surface area (Å²) in [6.45, 7) is 12.6. The maximum atomic E-state index is 13.6. The molecule has 6 nitrogen and oxygen atoms in total. The molecule has 5 aliphatic carbocycles. The molecule has 0 amide bonds. The quantitative estimate of drug-likeness (QED) is 0.589. The van der Waals surface area contributed by atoms with Gasteiger partial charge in [-0.1, -0.05) is 32.9 Å². The van der Waals surface area contributed by atoms with Crippen molar-refractivity contribution in [3.05, 3.63) is 23.8 Å². The summed E-state index contributed by atoms with van der Waals surface area (Å²) in [5.74, 6) is -1.10. The molecule has 7 aliphatic rings. The van der Waals surface area contributed by atoms with Crippen LogP contribution in [0.1, 0.15) is 67.2 Å². The third-order valence-corrected chi connectivity index (χ3v) is 10.8. The Kier molecular flexibility index (Phi) is 3.76. The van der Waals surface area contributed by atoms with E-state index in [1.165, 1.54) is 0 Å². The number of carbonyl (C=O) groups is 3. The first-order valence-electron chi connectivity index (χ1n) is 12.3. The first kappa shape index (κ1) is 21.7. The Labute approximate surface area is 195 Å². The second-order valence-corrected chi connectivity index (χ2v) is 12.5. The molecule has 2 heterocycles. The normalized spacial score (nSPS) is 52.8. The Bertz CT molecular complexity index is 1090. The summed E-state index contributed by atoms with van der Waals surface area (Å²) in [4.78, 5) is 39.9. The summed E-state index contributed by atoms with van der Waals surface area (Å²) in [5, 5.41) is 0. The molecular formula is C27H34O6. The van der Waals surface area contributed by atoms with E-state index >= 15 is 0 Å². The van der Waals surface area contributed by atoms with Gasteiger partial charge in [0, 0.05) is 33.7 Å². The van der Waals surface area contributed by atoms with Crippen molar-refractivity contribution in [2.75, 3.05) is 13.2 Å². The van der Waals surface area contributed by atoms with Gasteiger partial charge in [0.15, 0.2) is 11.6 Å². The van der Waals surface area contributed by atoms with Gasteiger partial charge in [0.25, 0.3) is 0 Å². The van der Waals surface area contributed by atoms with Gasteiger partial charge in [-0.3, -0.25) is 9.59 Å². The minimum Gasteiger partial charge on any atom is -0.463 e. The lowest BCUT2D eigenvalue weighted by Gasteiger charge is -2.63. The Hall–Kier alpha value is -1.79. The average Bonchev–Trinajstić information content (AvgIpc) is 3.07. The van der Waals surface area contributed by atoms with E-state index in [9.17, 15) is 14.4 Å². The number of ether oxygens (including phenoxy) is 3. The predicted molar refractivity (Wildman–Crippen MR) is 119 cm³/mol. The summed E-state index contributed by atoms with van der Waals surface area (Å²) >= 11 is 0. The Balaban J connectivity index is 1.66. The highest BCUT2D eigenvalue weighted by Gasteiger charge is 2.91. The van der Waals surface area contributed by atoms with E-state index in [1.54, 1.807) is 13.0 Å². The monoisotopic (exact) mass is 454 g/mol. The fourth-order valence-corrected chi connectivity index (χ4v) is 9.42. The Morgan fingerprint density at radius 1 is 1.18 bits per heavy atom. The molecule has 2 saturated heterocycles. The lowest BCUT2D eigenvalue weighted by atomic mass is 9.39. The van der Waals surface area contributed by atoms with Gasteiger partial charge in [0.1, 0.15) is 5.78 Å². The van der Waals surface area contributed by atoms with Gasteiger partial charge >= 0.3 is 5.97 Å². The highest BCUT2D eigenvalue weighted by Crippen LogP contribution is 2.85. The molecule has 0 aromatic rings. The van der Waals surface area contributed by atoms with Crippen LogP contribution >= 0.6 is 0 Å². The van der Waals surface area contributed by atoms with Crippen LogP contribution in [0.5, 0.6) is 0 Å². The van der Waals surface area contributed by atoms with Crippen LogP contribution in [0.15, 0.2) is 23.8 Å². The van der Waals surface area contributed by atoms with Crippen molar-refractivity contribution in [3.8, 4) is 0 Å². The van der Waals surface area contributed by atoms with Gasteiger partial charge in [-0.2, -0.15) is 0 Å². The van der Waals surface area contributed by atoms with E-state index in [4.69, 9.17) is 14.2 Å². The van der Waals surface area contributed by atoms with E-state index in [0.29, 0.717) is 18.6 Å². The summed E-state index contributed by atoms with van der Waals surface area (Å²) in [5.41, 5.74) is -3.53. The lowest BCUT2D eigenvalue weighted by Crippen LogP contribution is -2.68. The van der Waals surface area contributed by atoms with Crippen LogP contribution < -0.4 is 0 Å². The number of ketones is 2. The van der Waals surface area contributed by atoms with Crippen molar-refractivity contribution in [2.45, 2.75) is 78.6 Å².